The minimum atomic E-state index is -1.81. The lowest BCUT2D eigenvalue weighted by Crippen LogP contribution is -2.35. The molecule has 2 heterocycles. The van der Waals surface area contributed by atoms with Gasteiger partial charge in [-0.3, -0.25) is 4.79 Å². The number of hydrogen-bond donors (Lipinski definition) is 4. The molecule has 0 bridgehead atoms. The molecule has 0 radical (unpaired) electrons. The molecule has 178 valence electrons. The Morgan fingerprint density at radius 2 is 1.91 bits per heavy atom. The minimum absolute atomic E-state index is 0.0336. The number of aromatic hydroxyl groups is 1. The van der Waals surface area contributed by atoms with Gasteiger partial charge in [0.1, 0.15) is 17.1 Å². The Bertz CT molecular complexity index is 1290. The molecule has 4 N–H and O–H groups in total. The molecule has 0 saturated heterocycles. The number of nitrogens with zero attached hydrogens (tertiary/aromatic N) is 2. The zero-order valence-corrected chi connectivity index (χ0v) is 21.4. The van der Waals surface area contributed by atoms with Crippen molar-refractivity contribution in [2.24, 2.45) is 10.4 Å². The van der Waals surface area contributed by atoms with Gasteiger partial charge in [-0.2, -0.15) is 0 Å². The highest BCUT2D eigenvalue weighted by molar-refractivity contribution is 7.99. The lowest BCUT2D eigenvalue weighted by Gasteiger charge is -2.25. The highest BCUT2D eigenvalue weighted by Crippen LogP contribution is 2.38. The summed E-state index contributed by atoms with van der Waals surface area (Å²) in [6.07, 6.45) is 4.41. The van der Waals surface area contributed by atoms with Crippen LogP contribution in [0.2, 0.25) is 0 Å². The first kappa shape index (κ1) is 24.3. The molecule has 1 aromatic heterocycles. The number of aryl methyl sites for hydroxylation is 1. The maximum absolute atomic E-state index is 13.5. The highest BCUT2D eigenvalue weighted by atomic mass is 32.2. The van der Waals surface area contributed by atoms with Crippen LogP contribution in [0.15, 0.2) is 64.5 Å². The number of fused-ring (bicyclic) bond motifs is 1. The van der Waals surface area contributed by atoms with E-state index in [1.165, 1.54) is 11.9 Å². The van der Waals surface area contributed by atoms with Crippen molar-refractivity contribution in [3.8, 4) is 16.9 Å². The van der Waals surface area contributed by atoms with Gasteiger partial charge in [-0.05, 0) is 35.6 Å². The van der Waals surface area contributed by atoms with E-state index in [0.717, 1.165) is 17.7 Å². The maximum atomic E-state index is 13.5. The van der Waals surface area contributed by atoms with Gasteiger partial charge in [-0.1, -0.05) is 63.1 Å². The van der Waals surface area contributed by atoms with Gasteiger partial charge in [-0.25, -0.2) is 4.99 Å². The molecule has 0 spiro atoms. The molecule has 0 amide bonds. The van der Waals surface area contributed by atoms with E-state index in [0.29, 0.717) is 23.1 Å². The predicted octanol–water partition coefficient (Wildman–Crippen LogP) is 4.96. The van der Waals surface area contributed by atoms with E-state index in [2.05, 4.69) is 35.6 Å². The lowest BCUT2D eigenvalue weighted by molar-refractivity contribution is 0.347. The summed E-state index contributed by atoms with van der Waals surface area (Å²) in [6.45, 7) is 6.87. The Hall–Kier alpha value is -2.80. The van der Waals surface area contributed by atoms with Gasteiger partial charge in [0, 0.05) is 30.2 Å². The van der Waals surface area contributed by atoms with Gasteiger partial charge in [0.15, 0.2) is 8.30 Å². The fourth-order valence-electron chi connectivity index (χ4n) is 3.71. The molecular weight excluding hydrogens is 467 g/mol. The average molecular weight is 497 g/mol. The van der Waals surface area contributed by atoms with Crippen molar-refractivity contribution < 1.29 is 10.00 Å². The third-order valence-corrected chi connectivity index (χ3v) is 7.22. The largest absolute Gasteiger partial charge is 0.506 e. The number of hydrogen-bond acceptors (Lipinski definition) is 7. The Balaban J connectivity index is 1.87. The van der Waals surface area contributed by atoms with E-state index in [1.54, 1.807) is 16.8 Å². The van der Waals surface area contributed by atoms with Crippen molar-refractivity contribution in [1.29, 1.82) is 0 Å². The third kappa shape index (κ3) is 5.14. The number of rotatable bonds is 6. The van der Waals surface area contributed by atoms with E-state index in [9.17, 15) is 14.8 Å². The lowest BCUT2D eigenvalue weighted by atomic mass is 9.92. The molecule has 3 aromatic rings. The summed E-state index contributed by atoms with van der Waals surface area (Å²) < 4.78 is 4.78. The topological polar surface area (TPSA) is 98.9 Å². The van der Waals surface area contributed by atoms with Crippen molar-refractivity contribution in [3.05, 3.63) is 70.6 Å². The summed E-state index contributed by atoms with van der Waals surface area (Å²) in [7, 11) is -1.81. The fourth-order valence-corrected chi connectivity index (χ4v) is 5.15. The third-order valence-electron chi connectivity index (χ3n) is 5.54. The van der Waals surface area contributed by atoms with Gasteiger partial charge >= 0.3 is 0 Å². The van der Waals surface area contributed by atoms with Gasteiger partial charge in [-0.15, -0.1) is 0 Å². The molecular formula is C25H29N4O3PS. The first-order chi connectivity index (χ1) is 16.2. The van der Waals surface area contributed by atoms with Gasteiger partial charge in [0.25, 0.3) is 5.56 Å². The number of benzene rings is 2. The molecule has 34 heavy (non-hydrogen) atoms. The van der Waals surface area contributed by atoms with E-state index < -0.39 is 8.30 Å². The van der Waals surface area contributed by atoms with Crippen LogP contribution >= 0.6 is 20.2 Å². The second-order valence-corrected chi connectivity index (χ2v) is 11.3. The summed E-state index contributed by atoms with van der Waals surface area (Å²) in [5.74, 6) is 0.0263. The van der Waals surface area contributed by atoms with Gasteiger partial charge in [0.05, 0.1) is 11.0 Å². The van der Waals surface area contributed by atoms with E-state index in [-0.39, 0.29) is 28.1 Å². The number of nitrogens with one attached hydrogen (secondary N) is 2. The predicted molar refractivity (Wildman–Crippen MR) is 144 cm³/mol. The number of anilines is 1. The molecule has 0 aliphatic carbocycles. The Labute approximate surface area is 205 Å². The highest BCUT2D eigenvalue weighted by Gasteiger charge is 2.28. The average Bonchev–Trinajstić information content (AvgIpc) is 2.79. The fraction of sp³-hybridized carbons (Fsp3) is 0.280. The smallest absolute Gasteiger partial charge is 0.265 e. The first-order valence-corrected chi connectivity index (χ1v) is 13.5. The van der Waals surface area contributed by atoms with E-state index >= 15 is 0 Å². The van der Waals surface area contributed by atoms with Crippen molar-refractivity contribution in [2.75, 3.05) is 11.0 Å². The maximum Gasteiger partial charge on any atom is 0.265 e. The Kier molecular flexibility index (Phi) is 7.03. The van der Waals surface area contributed by atoms with Crippen LogP contribution in [0.4, 0.5) is 11.4 Å². The molecule has 4 rings (SSSR count). The molecule has 0 saturated carbocycles. The number of aromatic nitrogens is 1. The monoisotopic (exact) mass is 496 g/mol. The Morgan fingerprint density at radius 3 is 2.59 bits per heavy atom. The van der Waals surface area contributed by atoms with Crippen molar-refractivity contribution in [1.82, 2.24) is 9.65 Å². The summed E-state index contributed by atoms with van der Waals surface area (Å²) in [5.41, 5.74) is 2.51. The summed E-state index contributed by atoms with van der Waals surface area (Å²) in [5, 5.41) is 14.9. The standard InChI is InChI=1S/C25H29N4O3PS/c1-25(2,3)12-13-29-15-18(16-8-6-5-7-9-16)22(30)21(24(29)31)23-26-19-11-10-17(28-34-4)14-20(19)33(32)27-23/h5-11,14-15,28,30,32H,12-13H2,1-4H3,(H,26,27). The van der Waals surface area contributed by atoms with Crippen LogP contribution in [0, 0.1) is 5.41 Å². The second-order valence-electron chi connectivity index (χ2n) is 9.34. The van der Waals surface area contributed by atoms with E-state index in [1.807, 2.05) is 48.7 Å². The molecule has 7 nitrogen and oxygen atoms in total. The second kappa shape index (κ2) is 9.82. The molecule has 9 heteroatoms. The van der Waals surface area contributed by atoms with Crippen LogP contribution < -0.4 is 20.7 Å². The van der Waals surface area contributed by atoms with Gasteiger partial charge < -0.3 is 24.4 Å². The quantitative estimate of drug-likeness (QED) is 0.285. The molecule has 1 aliphatic rings. The molecule has 0 fully saturated rings. The molecule has 1 aliphatic heterocycles. The number of pyridine rings is 1. The van der Waals surface area contributed by atoms with Crippen molar-refractivity contribution in [3.63, 3.8) is 0 Å². The van der Waals surface area contributed by atoms with Crippen LogP contribution in [0.25, 0.3) is 11.1 Å². The van der Waals surface area contributed by atoms with Crippen LogP contribution in [-0.2, 0) is 6.54 Å². The van der Waals surface area contributed by atoms with E-state index in [4.69, 9.17) is 0 Å². The molecule has 1 atom stereocenters. The molecule has 1 unspecified atom stereocenters. The molecule has 2 aromatic carbocycles. The van der Waals surface area contributed by atoms with Crippen LogP contribution in [0.3, 0.4) is 0 Å². The number of aliphatic imine (C=N–C) groups is 1. The Morgan fingerprint density at radius 1 is 1.18 bits per heavy atom. The van der Waals surface area contributed by atoms with Crippen LogP contribution in [0.1, 0.15) is 32.8 Å². The minimum Gasteiger partial charge on any atom is -0.506 e. The SMILES string of the molecule is CSNc1ccc2c(c1)P(O)NC(c1c(O)c(-c3ccccc3)cn(CCC(C)(C)C)c1=O)=N2. The van der Waals surface area contributed by atoms with Crippen molar-refractivity contribution >= 4 is 42.8 Å². The first-order valence-electron chi connectivity index (χ1n) is 11.0. The summed E-state index contributed by atoms with van der Waals surface area (Å²) in [4.78, 5) is 29.1. The van der Waals surface area contributed by atoms with Crippen LogP contribution in [0.5, 0.6) is 5.75 Å². The van der Waals surface area contributed by atoms with Crippen molar-refractivity contribution in [2.45, 2.75) is 33.7 Å². The normalized spacial score (nSPS) is 15.3. The zero-order chi connectivity index (χ0) is 24.5. The summed E-state index contributed by atoms with van der Waals surface area (Å²) in [6, 6.07) is 15.0. The zero-order valence-electron chi connectivity index (χ0n) is 19.7. The number of amidine groups is 1. The summed E-state index contributed by atoms with van der Waals surface area (Å²) >= 11 is 1.46. The van der Waals surface area contributed by atoms with Gasteiger partial charge in [0.2, 0.25) is 0 Å². The van der Waals surface area contributed by atoms with Crippen LogP contribution in [-0.4, -0.2) is 26.7 Å².